The highest BCUT2D eigenvalue weighted by Gasteiger charge is 2.09. The predicted octanol–water partition coefficient (Wildman–Crippen LogP) is 3.92. The minimum atomic E-state index is 0.506. The van der Waals surface area contributed by atoms with Crippen molar-refractivity contribution < 1.29 is 9.47 Å². The van der Waals surface area contributed by atoms with Crippen molar-refractivity contribution in [2.75, 3.05) is 7.11 Å². The van der Waals surface area contributed by atoms with Crippen molar-refractivity contribution in [3.05, 3.63) is 67.0 Å². The Morgan fingerprint density at radius 2 is 1.80 bits per heavy atom. The molecule has 0 spiro atoms. The van der Waals surface area contributed by atoms with E-state index in [1.165, 1.54) is 6.33 Å². The maximum atomic E-state index is 6.04. The molecule has 0 saturated carbocycles. The minimum Gasteiger partial charge on any atom is -0.497 e. The van der Waals surface area contributed by atoms with Crippen LogP contribution in [0.1, 0.15) is 5.69 Å². The number of aromatic nitrogens is 4. The summed E-state index contributed by atoms with van der Waals surface area (Å²) in [5.41, 5.74) is 2.67. The minimum absolute atomic E-state index is 0.506. The number of fused-ring (bicyclic) bond motifs is 1. The highest BCUT2D eigenvalue weighted by molar-refractivity contribution is 5.83. The number of ether oxygens (including phenoxy) is 2. The summed E-state index contributed by atoms with van der Waals surface area (Å²) < 4.78 is 13.4. The smallest absolute Gasteiger partial charge is 0.230 e. The van der Waals surface area contributed by atoms with Crippen molar-refractivity contribution >= 4 is 10.9 Å². The molecule has 0 N–H and O–H groups in total. The van der Waals surface area contributed by atoms with Crippen molar-refractivity contribution in [3.63, 3.8) is 0 Å². The first-order chi connectivity index (χ1) is 12.2. The fourth-order valence-corrected chi connectivity index (χ4v) is 2.62. The maximum Gasteiger partial charge on any atom is 0.230 e. The first-order valence-electron chi connectivity index (χ1n) is 7.80. The van der Waals surface area contributed by atoms with Crippen LogP contribution in [0.15, 0.2) is 61.3 Å². The zero-order valence-electron chi connectivity index (χ0n) is 13.9. The van der Waals surface area contributed by atoms with Crippen LogP contribution < -0.4 is 9.47 Å². The molecule has 6 heteroatoms. The first-order valence-corrected chi connectivity index (χ1v) is 7.80. The summed E-state index contributed by atoms with van der Waals surface area (Å²) >= 11 is 0. The summed E-state index contributed by atoms with van der Waals surface area (Å²) in [7, 11) is 1.63. The van der Waals surface area contributed by atoms with E-state index in [9.17, 15) is 0 Å². The van der Waals surface area contributed by atoms with E-state index in [1.807, 2.05) is 60.2 Å². The first kappa shape index (κ1) is 15.1. The number of imidazole rings is 1. The molecule has 2 aromatic heterocycles. The van der Waals surface area contributed by atoms with Crippen LogP contribution in [0.2, 0.25) is 0 Å². The van der Waals surface area contributed by atoms with E-state index in [1.54, 1.807) is 13.4 Å². The maximum absolute atomic E-state index is 6.04. The molecule has 0 radical (unpaired) electrons. The van der Waals surface area contributed by atoms with Gasteiger partial charge in [-0.1, -0.05) is 12.1 Å². The monoisotopic (exact) mass is 332 g/mol. The van der Waals surface area contributed by atoms with Gasteiger partial charge in [-0.15, -0.1) is 0 Å². The fourth-order valence-electron chi connectivity index (χ4n) is 2.62. The van der Waals surface area contributed by atoms with Crippen molar-refractivity contribution in [1.29, 1.82) is 0 Å². The van der Waals surface area contributed by atoms with Crippen molar-refractivity contribution in [3.8, 4) is 23.1 Å². The third-order valence-corrected chi connectivity index (χ3v) is 3.83. The van der Waals surface area contributed by atoms with Gasteiger partial charge in [0.1, 0.15) is 17.8 Å². The summed E-state index contributed by atoms with van der Waals surface area (Å²) in [6.07, 6.45) is 5.20. The molecule has 0 aliphatic rings. The molecule has 124 valence electrons. The molecule has 0 bridgehead atoms. The van der Waals surface area contributed by atoms with Crippen LogP contribution in [0, 0.1) is 6.92 Å². The Labute approximate surface area is 144 Å². The second-order valence-corrected chi connectivity index (χ2v) is 5.59. The molecule has 0 unspecified atom stereocenters. The number of benzene rings is 2. The Balaban J connectivity index is 1.77. The quantitative estimate of drug-likeness (QED) is 0.567. The van der Waals surface area contributed by atoms with E-state index in [2.05, 4.69) is 15.0 Å². The van der Waals surface area contributed by atoms with Gasteiger partial charge in [-0.3, -0.25) is 0 Å². The van der Waals surface area contributed by atoms with Crippen LogP contribution in [0.5, 0.6) is 17.4 Å². The molecule has 0 saturated heterocycles. The third-order valence-electron chi connectivity index (χ3n) is 3.83. The van der Waals surface area contributed by atoms with Crippen LogP contribution in [0.4, 0.5) is 0 Å². The van der Waals surface area contributed by atoms with Gasteiger partial charge in [0.2, 0.25) is 5.88 Å². The standard InChI is InChI=1S/C19H16N4O2/c1-13-10-23(12-22-13)14-7-15(24-2)9-16(8-14)25-19-17-5-3-4-6-18(17)20-11-21-19/h3-12H,1-2H3. The molecular formula is C19H16N4O2. The Morgan fingerprint density at radius 1 is 0.960 bits per heavy atom. The number of aryl methyl sites for hydroxylation is 1. The van der Waals surface area contributed by atoms with E-state index in [0.717, 1.165) is 22.3 Å². The van der Waals surface area contributed by atoms with Gasteiger partial charge in [0.15, 0.2) is 0 Å². The van der Waals surface area contributed by atoms with Crippen LogP contribution in [-0.2, 0) is 0 Å². The molecule has 0 fully saturated rings. The zero-order chi connectivity index (χ0) is 17.2. The molecule has 4 rings (SSSR count). The van der Waals surface area contributed by atoms with E-state index in [-0.39, 0.29) is 0 Å². The summed E-state index contributed by atoms with van der Waals surface area (Å²) in [6.45, 7) is 1.95. The van der Waals surface area contributed by atoms with E-state index < -0.39 is 0 Å². The van der Waals surface area contributed by atoms with Gasteiger partial charge >= 0.3 is 0 Å². The Kier molecular flexibility index (Phi) is 3.78. The molecule has 0 amide bonds. The summed E-state index contributed by atoms with van der Waals surface area (Å²) in [5, 5.41) is 0.854. The lowest BCUT2D eigenvalue weighted by Gasteiger charge is -2.11. The molecule has 2 heterocycles. The van der Waals surface area contributed by atoms with Gasteiger partial charge in [-0.25, -0.2) is 15.0 Å². The number of para-hydroxylation sites is 1. The Hall–Kier alpha value is -3.41. The molecule has 4 aromatic rings. The average Bonchev–Trinajstić information content (AvgIpc) is 3.08. The number of rotatable bonds is 4. The van der Waals surface area contributed by atoms with E-state index in [4.69, 9.17) is 9.47 Å². The van der Waals surface area contributed by atoms with Crippen LogP contribution in [0.3, 0.4) is 0 Å². The second-order valence-electron chi connectivity index (χ2n) is 5.59. The Bertz CT molecular complexity index is 1040. The van der Waals surface area contributed by atoms with Gasteiger partial charge in [0.05, 0.1) is 35.7 Å². The summed E-state index contributed by atoms with van der Waals surface area (Å²) in [4.78, 5) is 12.8. The number of hydrogen-bond acceptors (Lipinski definition) is 5. The SMILES string of the molecule is COc1cc(Oc2ncnc3ccccc23)cc(-n2cnc(C)c2)c1. The lowest BCUT2D eigenvalue weighted by atomic mass is 10.2. The highest BCUT2D eigenvalue weighted by atomic mass is 16.5. The van der Waals surface area contributed by atoms with Crippen LogP contribution >= 0.6 is 0 Å². The van der Waals surface area contributed by atoms with Crippen molar-refractivity contribution in [2.24, 2.45) is 0 Å². The van der Waals surface area contributed by atoms with Crippen LogP contribution in [0.25, 0.3) is 16.6 Å². The topological polar surface area (TPSA) is 62.1 Å². The second kappa shape index (κ2) is 6.24. The normalized spacial score (nSPS) is 10.8. The molecule has 25 heavy (non-hydrogen) atoms. The third kappa shape index (κ3) is 3.01. The molecule has 0 aliphatic carbocycles. The van der Waals surface area contributed by atoms with E-state index in [0.29, 0.717) is 17.4 Å². The molecule has 0 aliphatic heterocycles. The fraction of sp³-hybridized carbons (Fsp3) is 0.105. The largest absolute Gasteiger partial charge is 0.497 e. The summed E-state index contributed by atoms with van der Waals surface area (Å²) in [5.74, 6) is 1.83. The predicted molar refractivity (Wildman–Crippen MR) is 94.5 cm³/mol. The average molecular weight is 332 g/mol. The molecule has 0 atom stereocenters. The highest BCUT2D eigenvalue weighted by Crippen LogP contribution is 2.31. The number of nitrogens with zero attached hydrogens (tertiary/aromatic N) is 4. The van der Waals surface area contributed by atoms with Crippen LogP contribution in [-0.4, -0.2) is 26.6 Å². The lowest BCUT2D eigenvalue weighted by Crippen LogP contribution is -1.96. The number of hydrogen-bond donors (Lipinski definition) is 0. The van der Waals surface area contributed by atoms with E-state index >= 15 is 0 Å². The van der Waals surface area contributed by atoms with Gasteiger partial charge in [0, 0.05) is 24.4 Å². The van der Waals surface area contributed by atoms with Crippen molar-refractivity contribution in [1.82, 2.24) is 19.5 Å². The van der Waals surface area contributed by atoms with Gasteiger partial charge < -0.3 is 14.0 Å². The molecular weight excluding hydrogens is 316 g/mol. The Morgan fingerprint density at radius 3 is 2.60 bits per heavy atom. The van der Waals surface area contributed by atoms with Gasteiger partial charge in [-0.05, 0) is 19.1 Å². The van der Waals surface area contributed by atoms with Crippen molar-refractivity contribution in [2.45, 2.75) is 6.92 Å². The van der Waals surface area contributed by atoms with Gasteiger partial charge in [-0.2, -0.15) is 0 Å². The lowest BCUT2D eigenvalue weighted by molar-refractivity contribution is 0.407. The summed E-state index contributed by atoms with van der Waals surface area (Å²) in [6, 6.07) is 13.4. The number of methoxy groups -OCH3 is 1. The molecule has 6 nitrogen and oxygen atoms in total. The van der Waals surface area contributed by atoms with Gasteiger partial charge in [0.25, 0.3) is 0 Å². The molecule has 2 aromatic carbocycles. The zero-order valence-corrected chi connectivity index (χ0v) is 13.9.